The molecule has 1 aliphatic heterocycles. The molecule has 0 aromatic carbocycles. The Balaban J connectivity index is 1.97. The van der Waals surface area contributed by atoms with Crippen molar-refractivity contribution >= 4 is 0 Å². The maximum atomic E-state index is 12.5. The van der Waals surface area contributed by atoms with Crippen LogP contribution in [0.4, 0.5) is 13.2 Å². The first-order valence-corrected chi connectivity index (χ1v) is 7.52. The molecule has 0 radical (unpaired) electrons. The van der Waals surface area contributed by atoms with Crippen molar-refractivity contribution in [1.29, 1.82) is 0 Å². The average Bonchev–Trinajstić information content (AvgIpc) is 2.97. The molecule has 2 rings (SSSR count). The van der Waals surface area contributed by atoms with Crippen molar-refractivity contribution in [3.63, 3.8) is 0 Å². The smallest absolute Gasteiger partial charge is 0.417 e. The summed E-state index contributed by atoms with van der Waals surface area (Å²) >= 11 is 0. The molecule has 22 heavy (non-hydrogen) atoms. The van der Waals surface area contributed by atoms with E-state index < -0.39 is 11.7 Å². The third-order valence-electron chi connectivity index (χ3n) is 3.70. The van der Waals surface area contributed by atoms with Gasteiger partial charge in [-0.25, -0.2) is 4.98 Å². The third kappa shape index (κ3) is 5.02. The molecule has 1 atom stereocenters. The summed E-state index contributed by atoms with van der Waals surface area (Å²) < 4.78 is 43.3. The van der Waals surface area contributed by atoms with E-state index in [1.165, 1.54) is 18.9 Å². The third-order valence-corrected chi connectivity index (χ3v) is 3.70. The lowest BCUT2D eigenvalue weighted by Gasteiger charge is -2.23. The van der Waals surface area contributed by atoms with Crippen LogP contribution in [-0.2, 0) is 6.18 Å². The van der Waals surface area contributed by atoms with Gasteiger partial charge in [-0.2, -0.15) is 13.2 Å². The van der Waals surface area contributed by atoms with Gasteiger partial charge in [0.05, 0.1) is 5.56 Å². The summed E-state index contributed by atoms with van der Waals surface area (Å²) in [4.78, 5) is 6.10. The van der Waals surface area contributed by atoms with E-state index in [1.54, 1.807) is 0 Å². The summed E-state index contributed by atoms with van der Waals surface area (Å²) in [7, 11) is 0. The average molecular weight is 314 g/mol. The zero-order valence-electron chi connectivity index (χ0n) is 12.5. The van der Waals surface area contributed by atoms with E-state index in [0.29, 0.717) is 0 Å². The lowest BCUT2D eigenvalue weighted by atomic mass is 10.2. The van der Waals surface area contributed by atoms with Gasteiger partial charge in [-0.15, -0.1) is 6.58 Å². The second-order valence-electron chi connectivity index (χ2n) is 5.50. The van der Waals surface area contributed by atoms with E-state index in [0.717, 1.165) is 44.7 Å². The fraction of sp³-hybridized carbons (Fsp3) is 0.562. The van der Waals surface area contributed by atoms with E-state index in [4.69, 9.17) is 4.74 Å². The molecule has 6 heteroatoms. The number of aromatic nitrogens is 1. The molecule has 1 saturated heterocycles. The van der Waals surface area contributed by atoms with Crippen LogP contribution >= 0.6 is 0 Å². The van der Waals surface area contributed by atoms with E-state index in [2.05, 4.69) is 16.5 Å². The minimum atomic E-state index is -4.37. The Labute approximate surface area is 128 Å². The van der Waals surface area contributed by atoms with Crippen molar-refractivity contribution in [2.75, 3.05) is 19.6 Å². The molecule has 1 aromatic rings. The van der Waals surface area contributed by atoms with Crippen molar-refractivity contribution in [2.45, 2.75) is 38.0 Å². The Morgan fingerprint density at radius 2 is 2.05 bits per heavy atom. The maximum Gasteiger partial charge on any atom is 0.417 e. The Hall–Kier alpha value is -1.56. The number of ether oxygens (including phenoxy) is 1. The molecule has 1 aromatic heterocycles. The first kappa shape index (κ1) is 16.8. The van der Waals surface area contributed by atoms with Crippen molar-refractivity contribution in [3.8, 4) is 5.88 Å². The summed E-state index contributed by atoms with van der Waals surface area (Å²) in [6.07, 6.45) is 2.14. The fourth-order valence-corrected chi connectivity index (χ4v) is 2.53. The van der Waals surface area contributed by atoms with E-state index in [-0.39, 0.29) is 12.0 Å². The van der Waals surface area contributed by atoms with Crippen molar-refractivity contribution in [3.05, 3.63) is 36.5 Å². The Morgan fingerprint density at radius 1 is 1.32 bits per heavy atom. The van der Waals surface area contributed by atoms with Gasteiger partial charge in [-0.1, -0.05) is 6.08 Å². The predicted molar refractivity (Wildman–Crippen MR) is 78.8 cm³/mol. The standard InChI is InChI=1S/C16H21F3N2O/c1-2-3-6-14(12-21-9-4-5-10-21)22-15-8-7-13(11-20-15)16(17,18)19/h2,7-8,11,14H,1,3-6,9-10,12H2. The van der Waals surface area contributed by atoms with E-state index >= 15 is 0 Å². The van der Waals surface area contributed by atoms with Gasteiger partial charge in [-0.3, -0.25) is 4.90 Å². The Kier molecular flexibility index (Phi) is 5.83. The number of nitrogens with zero attached hydrogens (tertiary/aromatic N) is 2. The minimum absolute atomic E-state index is 0.0830. The lowest BCUT2D eigenvalue weighted by Crippen LogP contribution is -2.34. The summed E-state index contributed by atoms with van der Waals surface area (Å²) in [6, 6.07) is 2.29. The minimum Gasteiger partial charge on any atom is -0.473 e. The SMILES string of the molecule is C=CCCC(CN1CCCC1)Oc1ccc(C(F)(F)F)cn1. The topological polar surface area (TPSA) is 25.4 Å². The van der Waals surface area contributed by atoms with Crippen LogP contribution in [0.3, 0.4) is 0 Å². The Morgan fingerprint density at radius 3 is 2.59 bits per heavy atom. The number of alkyl halides is 3. The number of pyridine rings is 1. The highest BCUT2D eigenvalue weighted by Gasteiger charge is 2.30. The zero-order valence-corrected chi connectivity index (χ0v) is 12.5. The summed E-state index contributed by atoms with van der Waals surface area (Å²) in [5.41, 5.74) is -0.762. The van der Waals surface area contributed by atoms with Gasteiger partial charge in [0.25, 0.3) is 0 Å². The number of hydrogen-bond acceptors (Lipinski definition) is 3. The predicted octanol–water partition coefficient (Wildman–Crippen LogP) is 3.91. The van der Waals surface area contributed by atoms with Gasteiger partial charge in [0, 0.05) is 18.8 Å². The van der Waals surface area contributed by atoms with Crippen molar-refractivity contribution in [2.24, 2.45) is 0 Å². The van der Waals surface area contributed by atoms with Crippen molar-refractivity contribution in [1.82, 2.24) is 9.88 Å². The number of hydrogen-bond donors (Lipinski definition) is 0. The van der Waals surface area contributed by atoms with Crippen molar-refractivity contribution < 1.29 is 17.9 Å². The van der Waals surface area contributed by atoms with Gasteiger partial charge < -0.3 is 4.74 Å². The second-order valence-corrected chi connectivity index (χ2v) is 5.50. The molecule has 0 saturated carbocycles. The van der Waals surface area contributed by atoms with Gasteiger partial charge in [-0.05, 0) is 44.8 Å². The molecule has 1 unspecified atom stereocenters. The van der Waals surface area contributed by atoms with Crippen LogP contribution in [-0.4, -0.2) is 35.6 Å². The molecule has 122 valence electrons. The number of rotatable bonds is 7. The molecule has 0 amide bonds. The van der Waals surface area contributed by atoms with Crippen LogP contribution in [0.1, 0.15) is 31.2 Å². The molecule has 1 fully saturated rings. The molecule has 0 bridgehead atoms. The summed E-state index contributed by atoms with van der Waals surface area (Å²) in [6.45, 7) is 6.57. The normalized spacial score (nSPS) is 17.4. The highest BCUT2D eigenvalue weighted by molar-refractivity contribution is 5.20. The number of likely N-dealkylation sites (tertiary alicyclic amines) is 1. The monoisotopic (exact) mass is 314 g/mol. The van der Waals surface area contributed by atoms with Gasteiger partial charge in [0.15, 0.2) is 0 Å². The molecule has 0 spiro atoms. The van der Waals surface area contributed by atoms with E-state index in [9.17, 15) is 13.2 Å². The zero-order chi connectivity index (χ0) is 16.0. The molecule has 1 aliphatic rings. The van der Waals surface area contributed by atoms with Gasteiger partial charge in [0.2, 0.25) is 5.88 Å². The first-order valence-electron chi connectivity index (χ1n) is 7.52. The molecule has 0 aliphatic carbocycles. The van der Waals surface area contributed by atoms with Crippen LogP contribution in [0.5, 0.6) is 5.88 Å². The van der Waals surface area contributed by atoms with Crippen LogP contribution in [0.25, 0.3) is 0 Å². The first-order chi connectivity index (χ1) is 10.5. The number of allylic oxidation sites excluding steroid dienone is 1. The highest BCUT2D eigenvalue weighted by Crippen LogP contribution is 2.29. The Bertz CT molecular complexity index is 467. The van der Waals surface area contributed by atoms with Crippen LogP contribution in [0.2, 0.25) is 0 Å². The molecular weight excluding hydrogens is 293 g/mol. The van der Waals surface area contributed by atoms with Gasteiger partial charge in [0.1, 0.15) is 6.10 Å². The summed E-state index contributed by atoms with van der Waals surface area (Å²) in [5, 5.41) is 0. The largest absolute Gasteiger partial charge is 0.473 e. The number of halogens is 3. The quantitative estimate of drug-likeness (QED) is 0.714. The lowest BCUT2D eigenvalue weighted by molar-refractivity contribution is -0.137. The van der Waals surface area contributed by atoms with Gasteiger partial charge >= 0.3 is 6.18 Å². The van der Waals surface area contributed by atoms with Crippen LogP contribution in [0.15, 0.2) is 31.0 Å². The molecular formula is C16H21F3N2O. The molecule has 2 heterocycles. The summed E-state index contributed by atoms with van der Waals surface area (Å²) in [5.74, 6) is 0.237. The molecule has 3 nitrogen and oxygen atoms in total. The molecule has 0 N–H and O–H groups in total. The fourth-order valence-electron chi connectivity index (χ4n) is 2.53. The van der Waals surface area contributed by atoms with Crippen LogP contribution < -0.4 is 4.74 Å². The van der Waals surface area contributed by atoms with Crippen LogP contribution in [0, 0.1) is 0 Å². The second kappa shape index (κ2) is 7.63. The van der Waals surface area contributed by atoms with E-state index in [1.807, 2.05) is 6.08 Å². The highest BCUT2D eigenvalue weighted by atomic mass is 19.4. The maximum absolute atomic E-state index is 12.5.